The molecule has 5 rings (SSSR count). The number of hydrogen-bond acceptors (Lipinski definition) is 3. The molecule has 4 aromatic rings. The fourth-order valence-electron chi connectivity index (χ4n) is 5.07. The number of hydrogen-bond donors (Lipinski definition) is 0. The van der Waals surface area contributed by atoms with Gasteiger partial charge in [-0.25, -0.2) is 8.42 Å². The van der Waals surface area contributed by atoms with Gasteiger partial charge in [0.15, 0.2) is 0 Å². The van der Waals surface area contributed by atoms with Crippen molar-refractivity contribution in [1.29, 1.82) is 0 Å². The van der Waals surface area contributed by atoms with Crippen molar-refractivity contribution < 1.29 is 13.2 Å². The monoisotopic (exact) mass is 622 g/mol. The molecule has 1 saturated heterocycles. The van der Waals surface area contributed by atoms with Crippen LogP contribution in [0.1, 0.15) is 40.7 Å². The number of anilines is 1. The summed E-state index contributed by atoms with van der Waals surface area (Å²) in [6, 6.07) is 31.0. The second-order valence-electron chi connectivity index (χ2n) is 9.77. The van der Waals surface area contributed by atoms with Gasteiger partial charge in [-0.3, -0.25) is 9.10 Å². The molecule has 1 heterocycles. The molecule has 1 fully saturated rings. The highest BCUT2D eigenvalue weighted by Crippen LogP contribution is 2.35. The van der Waals surface area contributed by atoms with E-state index in [-0.39, 0.29) is 34.3 Å². The summed E-state index contributed by atoms with van der Waals surface area (Å²) >= 11 is 9.97. The molecule has 0 bridgehead atoms. The Morgan fingerprint density at radius 3 is 2.26 bits per heavy atom. The molecule has 1 aliphatic rings. The quantitative estimate of drug-likeness (QED) is 0.214. The third-order valence-corrected chi connectivity index (χ3v) is 9.92. The molecule has 8 heteroatoms. The smallest absolute Gasteiger partial charge is 0.266 e. The molecule has 0 aliphatic carbocycles. The van der Waals surface area contributed by atoms with Gasteiger partial charge in [-0.15, -0.1) is 0 Å². The number of benzene rings is 4. The van der Waals surface area contributed by atoms with Crippen molar-refractivity contribution in [3.05, 3.63) is 129 Å². The van der Waals surface area contributed by atoms with E-state index in [2.05, 4.69) is 28.1 Å². The average Bonchev–Trinajstić information content (AvgIpc) is 3.34. The molecule has 0 N–H and O–H groups in total. The van der Waals surface area contributed by atoms with Gasteiger partial charge in [-0.1, -0.05) is 88.2 Å². The normalized spacial score (nSPS) is 17.3. The van der Waals surface area contributed by atoms with Crippen LogP contribution in [0, 0.1) is 0 Å². The minimum atomic E-state index is -4.11. The van der Waals surface area contributed by atoms with Crippen molar-refractivity contribution >= 4 is 49.1 Å². The van der Waals surface area contributed by atoms with Crippen molar-refractivity contribution in [3.63, 3.8) is 0 Å². The summed E-state index contributed by atoms with van der Waals surface area (Å²) in [6.45, 7) is 2.72. The number of carbonyl (C=O) groups excluding carboxylic acids is 1. The molecule has 39 heavy (non-hydrogen) atoms. The number of para-hydroxylation sites is 1. The van der Waals surface area contributed by atoms with Gasteiger partial charge in [0.2, 0.25) is 0 Å². The first-order valence-corrected chi connectivity index (χ1v) is 15.3. The van der Waals surface area contributed by atoms with Crippen molar-refractivity contribution in [2.75, 3.05) is 10.8 Å². The zero-order valence-electron chi connectivity index (χ0n) is 21.4. The van der Waals surface area contributed by atoms with Crippen molar-refractivity contribution in [1.82, 2.24) is 4.90 Å². The Kier molecular flexibility index (Phi) is 8.12. The van der Waals surface area contributed by atoms with Gasteiger partial charge < -0.3 is 4.90 Å². The van der Waals surface area contributed by atoms with E-state index in [1.54, 1.807) is 30.3 Å². The Labute approximate surface area is 243 Å². The molecule has 2 atom stereocenters. The predicted octanol–water partition coefficient (Wildman–Crippen LogP) is 7.52. The first-order chi connectivity index (χ1) is 18.7. The molecule has 2 unspecified atom stereocenters. The number of sulfonamides is 1. The van der Waals surface area contributed by atoms with Crippen LogP contribution in [0.2, 0.25) is 5.02 Å². The molecule has 1 aliphatic heterocycles. The van der Waals surface area contributed by atoms with E-state index in [4.69, 9.17) is 11.6 Å². The second-order valence-corrected chi connectivity index (χ2v) is 12.9. The Morgan fingerprint density at radius 2 is 1.59 bits per heavy atom. The zero-order valence-corrected chi connectivity index (χ0v) is 24.5. The van der Waals surface area contributed by atoms with E-state index in [0.29, 0.717) is 17.8 Å². The maximum absolute atomic E-state index is 14.1. The van der Waals surface area contributed by atoms with Gasteiger partial charge >= 0.3 is 0 Å². The zero-order chi connectivity index (χ0) is 27.6. The minimum Gasteiger partial charge on any atom is -0.335 e. The standard InChI is InChI=1S/C31H28BrClN2O3S/c1-22-18-26(24-12-15-27(32)16-13-24)21-34(22)31(36)25-14-17-29(33)30(19-25)39(37,38)35(28-10-6-3-7-11-28)20-23-8-4-2-5-9-23/h2-17,19,22,26H,18,20-21H2,1H3. The fraction of sp³-hybridized carbons (Fsp3) is 0.194. The maximum atomic E-state index is 14.1. The van der Waals surface area contributed by atoms with E-state index in [0.717, 1.165) is 16.5 Å². The molecule has 1 amide bonds. The van der Waals surface area contributed by atoms with Gasteiger partial charge in [0, 0.05) is 28.5 Å². The number of amides is 1. The summed E-state index contributed by atoms with van der Waals surface area (Å²) in [7, 11) is -4.11. The lowest BCUT2D eigenvalue weighted by Gasteiger charge is -2.26. The average molecular weight is 624 g/mol. The summed E-state index contributed by atoms with van der Waals surface area (Å²) in [4.78, 5) is 15.4. The highest BCUT2D eigenvalue weighted by molar-refractivity contribution is 9.10. The number of likely N-dealkylation sites (tertiary alicyclic amines) is 1. The molecule has 0 aromatic heterocycles. The lowest BCUT2D eigenvalue weighted by Crippen LogP contribution is -2.34. The highest BCUT2D eigenvalue weighted by atomic mass is 79.9. The van der Waals surface area contributed by atoms with E-state index in [9.17, 15) is 13.2 Å². The molecule has 5 nitrogen and oxygen atoms in total. The Bertz CT molecular complexity index is 1560. The van der Waals surface area contributed by atoms with Gasteiger partial charge in [-0.2, -0.15) is 0 Å². The number of nitrogens with zero attached hydrogens (tertiary/aromatic N) is 2. The van der Waals surface area contributed by atoms with Gasteiger partial charge in [-0.05, 0) is 66.9 Å². The first kappa shape index (κ1) is 27.4. The van der Waals surface area contributed by atoms with Crippen LogP contribution in [0.5, 0.6) is 0 Å². The summed E-state index contributed by atoms with van der Waals surface area (Å²) in [5.74, 6) is 0.0107. The second kappa shape index (κ2) is 11.5. The molecule has 4 aromatic carbocycles. The molecule has 0 radical (unpaired) electrons. The summed E-state index contributed by atoms with van der Waals surface area (Å²) < 4.78 is 30.5. The molecule has 0 saturated carbocycles. The largest absolute Gasteiger partial charge is 0.335 e. The topological polar surface area (TPSA) is 57.7 Å². The number of carbonyl (C=O) groups is 1. The Morgan fingerprint density at radius 1 is 0.949 bits per heavy atom. The van der Waals surface area contributed by atoms with E-state index in [1.807, 2.05) is 60.4 Å². The first-order valence-electron chi connectivity index (χ1n) is 12.7. The Hall–Kier alpha value is -3.13. The van der Waals surface area contributed by atoms with Crippen LogP contribution < -0.4 is 4.31 Å². The van der Waals surface area contributed by atoms with Crippen molar-refractivity contribution in [2.24, 2.45) is 0 Å². The van der Waals surface area contributed by atoms with E-state index < -0.39 is 10.0 Å². The van der Waals surface area contributed by atoms with Crippen molar-refractivity contribution in [2.45, 2.75) is 36.7 Å². The Balaban J connectivity index is 1.46. The minimum absolute atomic E-state index is 0.0146. The SMILES string of the molecule is CC1CC(c2ccc(Br)cc2)CN1C(=O)c1ccc(Cl)c(S(=O)(=O)N(Cc2ccccc2)c2ccccc2)c1. The van der Waals surface area contributed by atoms with Crippen LogP contribution in [0.15, 0.2) is 112 Å². The van der Waals surface area contributed by atoms with Crippen LogP contribution in [0.4, 0.5) is 5.69 Å². The highest BCUT2D eigenvalue weighted by Gasteiger charge is 2.35. The third-order valence-electron chi connectivity index (χ3n) is 7.14. The predicted molar refractivity (Wildman–Crippen MR) is 160 cm³/mol. The molecular formula is C31H28BrClN2O3S. The molecular weight excluding hydrogens is 596 g/mol. The third kappa shape index (κ3) is 5.91. The van der Waals surface area contributed by atoms with E-state index >= 15 is 0 Å². The van der Waals surface area contributed by atoms with Crippen LogP contribution in [0.25, 0.3) is 0 Å². The van der Waals surface area contributed by atoms with Gasteiger partial charge in [0.25, 0.3) is 15.9 Å². The van der Waals surface area contributed by atoms with Gasteiger partial charge in [0.1, 0.15) is 4.90 Å². The van der Waals surface area contributed by atoms with E-state index in [1.165, 1.54) is 22.0 Å². The van der Waals surface area contributed by atoms with Gasteiger partial charge in [0.05, 0.1) is 17.3 Å². The van der Waals surface area contributed by atoms with Crippen LogP contribution in [-0.2, 0) is 16.6 Å². The van der Waals surface area contributed by atoms with Crippen LogP contribution >= 0.6 is 27.5 Å². The van der Waals surface area contributed by atoms with Crippen LogP contribution in [-0.4, -0.2) is 31.8 Å². The number of rotatable bonds is 7. The lowest BCUT2D eigenvalue weighted by molar-refractivity contribution is 0.0745. The summed E-state index contributed by atoms with van der Waals surface area (Å²) in [5, 5.41) is 0.0720. The van der Waals surface area contributed by atoms with Crippen LogP contribution in [0.3, 0.4) is 0 Å². The van der Waals surface area contributed by atoms with Crippen molar-refractivity contribution in [3.8, 4) is 0 Å². The molecule has 200 valence electrons. The lowest BCUT2D eigenvalue weighted by atomic mass is 9.97. The maximum Gasteiger partial charge on any atom is 0.266 e. The fourth-order valence-corrected chi connectivity index (χ4v) is 7.29. The summed E-state index contributed by atoms with van der Waals surface area (Å²) in [6.07, 6.45) is 0.838. The number of halogens is 2. The molecule has 0 spiro atoms. The summed E-state index contributed by atoms with van der Waals surface area (Å²) in [5.41, 5.74) is 2.82.